The topological polar surface area (TPSA) is 42.9 Å². The average molecular weight is 378 g/mol. The monoisotopic (exact) mass is 377 g/mol. The molecule has 26 heavy (non-hydrogen) atoms. The Bertz CT molecular complexity index is 538. The molecule has 2 N–H and O–H groups in total. The number of thiophene rings is 1. The number of aliphatic imine (C=N–C) groups is 1. The highest BCUT2D eigenvalue weighted by atomic mass is 32.1. The molecule has 0 bridgehead atoms. The molecule has 0 radical (unpaired) electrons. The van der Waals surface area contributed by atoms with Crippen LogP contribution in [-0.4, -0.2) is 68.1 Å². The molecule has 3 rings (SSSR count). The molecule has 0 saturated carbocycles. The van der Waals surface area contributed by atoms with E-state index in [4.69, 9.17) is 4.99 Å². The third-order valence-electron chi connectivity index (χ3n) is 5.59. The fraction of sp³-hybridized carbons (Fsp3) is 0.750. The summed E-state index contributed by atoms with van der Waals surface area (Å²) in [7, 11) is 0. The molecular weight excluding hydrogens is 342 g/mol. The summed E-state index contributed by atoms with van der Waals surface area (Å²) in [5, 5.41) is 9.21. The minimum atomic E-state index is 0.426. The van der Waals surface area contributed by atoms with Crippen LogP contribution in [0.4, 0.5) is 0 Å². The van der Waals surface area contributed by atoms with Gasteiger partial charge in [0.1, 0.15) is 0 Å². The fourth-order valence-corrected chi connectivity index (χ4v) is 4.90. The van der Waals surface area contributed by atoms with Gasteiger partial charge in [0.05, 0.1) is 12.6 Å². The van der Waals surface area contributed by atoms with E-state index >= 15 is 0 Å². The summed E-state index contributed by atoms with van der Waals surface area (Å²) in [6.07, 6.45) is 3.94. The molecule has 1 aromatic rings. The van der Waals surface area contributed by atoms with Gasteiger partial charge in [-0.2, -0.15) is 0 Å². The van der Waals surface area contributed by atoms with Crippen molar-refractivity contribution in [1.82, 2.24) is 20.4 Å². The number of hydrogen-bond donors (Lipinski definition) is 2. The maximum atomic E-state index is 4.96. The van der Waals surface area contributed by atoms with Crippen molar-refractivity contribution >= 4 is 17.3 Å². The Hall–Kier alpha value is -1.11. The Labute approximate surface area is 162 Å². The van der Waals surface area contributed by atoms with Crippen molar-refractivity contribution in [1.29, 1.82) is 0 Å². The molecule has 1 aromatic heterocycles. The van der Waals surface area contributed by atoms with E-state index in [1.807, 2.05) is 11.3 Å². The van der Waals surface area contributed by atoms with E-state index in [0.29, 0.717) is 6.04 Å². The first-order chi connectivity index (χ1) is 12.8. The van der Waals surface area contributed by atoms with Gasteiger partial charge in [0.15, 0.2) is 5.96 Å². The van der Waals surface area contributed by atoms with E-state index in [0.717, 1.165) is 31.5 Å². The summed E-state index contributed by atoms with van der Waals surface area (Å²) in [5.74, 6) is 1.72. The largest absolute Gasteiger partial charge is 0.357 e. The van der Waals surface area contributed by atoms with Gasteiger partial charge in [0.25, 0.3) is 0 Å². The minimum Gasteiger partial charge on any atom is -0.357 e. The molecule has 2 unspecified atom stereocenters. The van der Waals surface area contributed by atoms with E-state index in [-0.39, 0.29) is 0 Å². The first-order valence-electron chi connectivity index (χ1n) is 10.3. The molecule has 146 valence electrons. The van der Waals surface area contributed by atoms with Crippen molar-refractivity contribution in [3.8, 4) is 0 Å². The Morgan fingerprint density at radius 2 is 2.12 bits per heavy atom. The first-order valence-corrected chi connectivity index (χ1v) is 11.2. The number of rotatable bonds is 8. The zero-order chi connectivity index (χ0) is 18.2. The predicted octanol–water partition coefficient (Wildman–Crippen LogP) is 2.78. The van der Waals surface area contributed by atoms with Crippen LogP contribution in [0.5, 0.6) is 0 Å². The Balaban J connectivity index is 1.57. The zero-order valence-corrected chi connectivity index (χ0v) is 17.2. The lowest BCUT2D eigenvalue weighted by atomic mass is 10.1. The van der Waals surface area contributed by atoms with Gasteiger partial charge in [-0.3, -0.25) is 9.89 Å². The third kappa shape index (κ3) is 5.44. The lowest BCUT2D eigenvalue weighted by Gasteiger charge is -2.25. The van der Waals surface area contributed by atoms with Gasteiger partial charge in [-0.25, -0.2) is 0 Å². The molecule has 2 saturated heterocycles. The van der Waals surface area contributed by atoms with Crippen molar-refractivity contribution in [3.05, 3.63) is 22.4 Å². The second-order valence-corrected chi connectivity index (χ2v) is 8.40. The van der Waals surface area contributed by atoms with Crippen LogP contribution >= 0.6 is 11.3 Å². The van der Waals surface area contributed by atoms with Crippen molar-refractivity contribution in [3.63, 3.8) is 0 Å². The number of guanidine groups is 1. The van der Waals surface area contributed by atoms with E-state index in [1.54, 1.807) is 0 Å². The molecular formula is C20H35N5S. The third-order valence-corrected chi connectivity index (χ3v) is 6.57. The van der Waals surface area contributed by atoms with Crippen LogP contribution in [0.15, 0.2) is 22.5 Å². The molecule has 2 aliphatic heterocycles. The summed E-state index contributed by atoms with van der Waals surface area (Å²) < 4.78 is 0. The van der Waals surface area contributed by atoms with Crippen LogP contribution < -0.4 is 10.6 Å². The van der Waals surface area contributed by atoms with Gasteiger partial charge in [-0.15, -0.1) is 11.3 Å². The van der Waals surface area contributed by atoms with Gasteiger partial charge in [-0.1, -0.05) is 13.0 Å². The maximum Gasteiger partial charge on any atom is 0.191 e. The van der Waals surface area contributed by atoms with Gasteiger partial charge in [0, 0.05) is 24.5 Å². The zero-order valence-electron chi connectivity index (χ0n) is 16.4. The Kier molecular flexibility index (Phi) is 7.77. The van der Waals surface area contributed by atoms with Crippen LogP contribution in [0.25, 0.3) is 0 Å². The van der Waals surface area contributed by atoms with E-state index in [9.17, 15) is 0 Å². The van der Waals surface area contributed by atoms with E-state index < -0.39 is 0 Å². The highest BCUT2D eigenvalue weighted by Crippen LogP contribution is 2.28. The standard InChI is InChI=1S/C20H35N5S/c1-3-21-20(22-14-17-9-12-24(4-2)16-17)23-15-18(19-8-7-13-26-19)25-10-5-6-11-25/h7-8,13,17-18H,3-6,9-12,14-16H2,1-2H3,(H2,21,22,23). The summed E-state index contributed by atoms with van der Waals surface area (Å²) >= 11 is 1.86. The van der Waals surface area contributed by atoms with Gasteiger partial charge in [-0.05, 0) is 69.7 Å². The van der Waals surface area contributed by atoms with Gasteiger partial charge in [0.2, 0.25) is 0 Å². The summed E-state index contributed by atoms with van der Waals surface area (Å²) in [5.41, 5.74) is 0. The van der Waals surface area contributed by atoms with Gasteiger partial charge < -0.3 is 15.5 Å². The predicted molar refractivity (Wildman–Crippen MR) is 112 cm³/mol. The quantitative estimate of drug-likeness (QED) is 0.540. The van der Waals surface area contributed by atoms with E-state index in [1.165, 1.54) is 56.9 Å². The van der Waals surface area contributed by atoms with Crippen LogP contribution in [-0.2, 0) is 0 Å². The molecule has 2 aliphatic rings. The molecule has 3 heterocycles. The van der Waals surface area contributed by atoms with Crippen molar-refractivity contribution in [2.45, 2.75) is 39.2 Å². The molecule has 2 fully saturated rings. The molecule has 0 spiro atoms. The van der Waals surface area contributed by atoms with Crippen LogP contribution in [0.1, 0.15) is 44.0 Å². The number of nitrogens with one attached hydrogen (secondary N) is 2. The molecule has 0 amide bonds. The number of hydrogen-bond acceptors (Lipinski definition) is 4. The molecule has 5 nitrogen and oxygen atoms in total. The summed E-state index contributed by atoms with van der Waals surface area (Å²) in [6, 6.07) is 4.85. The van der Waals surface area contributed by atoms with Crippen LogP contribution in [0.2, 0.25) is 0 Å². The normalized spacial score (nSPS) is 23.5. The van der Waals surface area contributed by atoms with Crippen molar-refractivity contribution < 1.29 is 0 Å². The molecule has 2 atom stereocenters. The summed E-state index contributed by atoms with van der Waals surface area (Å²) in [4.78, 5) is 11.6. The second kappa shape index (κ2) is 10.3. The Morgan fingerprint density at radius 1 is 1.27 bits per heavy atom. The highest BCUT2D eigenvalue weighted by Gasteiger charge is 2.24. The van der Waals surface area contributed by atoms with Crippen LogP contribution in [0, 0.1) is 5.92 Å². The van der Waals surface area contributed by atoms with Crippen molar-refractivity contribution in [2.24, 2.45) is 10.9 Å². The second-order valence-electron chi connectivity index (χ2n) is 7.42. The number of nitrogens with zero attached hydrogens (tertiary/aromatic N) is 3. The first kappa shape index (κ1) is 19.6. The molecule has 0 aliphatic carbocycles. The van der Waals surface area contributed by atoms with Crippen molar-refractivity contribution in [2.75, 3.05) is 52.4 Å². The average Bonchev–Trinajstić information content (AvgIpc) is 3.42. The lowest BCUT2D eigenvalue weighted by Crippen LogP contribution is -2.41. The fourth-order valence-electron chi connectivity index (χ4n) is 4.05. The Morgan fingerprint density at radius 3 is 2.77 bits per heavy atom. The SMILES string of the molecule is CCNC(=NCC(c1cccs1)N1CCCC1)NCC1CCN(CC)C1. The minimum absolute atomic E-state index is 0.426. The molecule has 6 heteroatoms. The number of likely N-dealkylation sites (tertiary alicyclic amines) is 2. The van der Waals surface area contributed by atoms with Gasteiger partial charge >= 0.3 is 0 Å². The van der Waals surface area contributed by atoms with E-state index in [2.05, 4.69) is 51.8 Å². The van der Waals surface area contributed by atoms with Crippen LogP contribution in [0.3, 0.4) is 0 Å². The lowest BCUT2D eigenvalue weighted by molar-refractivity contribution is 0.255. The highest BCUT2D eigenvalue weighted by molar-refractivity contribution is 7.10. The smallest absolute Gasteiger partial charge is 0.191 e. The summed E-state index contributed by atoms with van der Waals surface area (Å²) in [6.45, 7) is 13.2. The molecule has 0 aromatic carbocycles. The maximum absolute atomic E-state index is 4.96.